The quantitative estimate of drug-likeness (QED) is 0.864. The van der Waals surface area contributed by atoms with Crippen LogP contribution in [-0.2, 0) is 10.0 Å². The summed E-state index contributed by atoms with van der Waals surface area (Å²) in [4.78, 5) is 13.6. The fraction of sp³-hybridized carbons (Fsp3) is 0.316. The molecule has 1 unspecified atom stereocenters. The van der Waals surface area contributed by atoms with Gasteiger partial charge in [0.1, 0.15) is 5.82 Å². The largest absolute Gasteiger partial charge is 0.345 e. The van der Waals surface area contributed by atoms with Crippen LogP contribution < -0.4 is 5.32 Å². The number of carbonyl (C=O) groups excluding carboxylic acids is 1. The van der Waals surface area contributed by atoms with Gasteiger partial charge in [-0.2, -0.15) is 4.31 Å². The summed E-state index contributed by atoms with van der Waals surface area (Å²) in [5.74, 6) is -0.678. The van der Waals surface area contributed by atoms with Gasteiger partial charge in [-0.05, 0) is 35.9 Å². The molecule has 1 heterocycles. The van der Waals surface area contributed by atoms with E-state index in [1.54, 1.807) is 38.4 Å². The normalized spacial score (nSPS) is 18.3. The lowest BCUT2D eigenvalue weighted by Crippen LogP contribution is -2.48. The van der Waals surface area contributed by atoms with Gasteiger partial charge in [-0.15, -0.1) is 0 Å². The van der Waals surface area contributed by atoms with Crippen LogP contribution in [0, 0.1) is 5.82 Å². The highest BCUT2D eigenvalue weighted by atomic mass is 32.2. The van der Waals surface area contributed by atoms with E-state index in [1.165, 1.54) is 33.5 Å². The molecule has 1 aliphatic rings. The number of amides is 1. The van der Waals surface area contributed by atoms with Gasteiger partial charge in [0.05, 0.1) is 10.9 Å². The fourth-order valence-corrected chi connectivity index (χ4v) is 4.81. The SMILES string of the molecule is CN(C)C(=O)c1cccc(S(=O)(=O)N2CCNCC2c2cccc(F)c2)c1. The highest BCUT2D eigenvalue weighted by Gasteiger charge is 2.34. The summed E-state index contributed by atoms with van der Waals surface area (Å²) in [5, 5.41) is 3.16. The summed E-state index contributed by atoms with van der Waals surface area (Å²) < 4.78 is 41.6. The second kappa shape index (κ2) is 7.75. The zero-order valence-electron chi connectivity index (χ0n) is 15.2. The molecule has 8 heteroatoms. The molecule has 0 aliphatic carbocycles. The first kappa shape index (κ1) is 19.5. The van der Waals surface area contributed by atoms with Crippen LogP contribution >= 0.6 is 0 Å². The monoisotopic (exact) mass is 391 g/mol. The Morgan fingerprint density at radius 2 is 1.93 bits per heavy atom. The molecule has 2 aromatic carbocycles. The average Bonchev–Trinajstić information content (AvgIpc) is 2.67. The van der Waals surface area contributed by atoms with Crippen LogP contribution in [0.1, 0.15) is 22.0 Å². The highest BCUT2D eigenvalue weighted by Crippen LogP contribution is 2.29. The van der Waals surface area contributed by atoms with Crippen molar-refractivity contribution in [2.24, 2.45) is 0 Å². The van der Waals surface area contributed by atoms with Gasteiger partial charge in [0, 0.05) is 39.3 Å². The number of nitrogens with zero attached hydrogens (tertiary/aromatic N) is 2. The molecule has 144 valence electrons. The third-order valence-corrected chi connectivity index (χ3v) is 6.43. The van der Waals surface area contributed by atoms with Crippen molar-refractivity contribution in [3.8, 4) is 0 Å². The van der Waals surface area contributed by atoms with Crippen molar-refractivity contribution in [3.05, 3.63) is 65.5 Å². The first-order chi connectivity index (χ1) is 12.8. The van der Waals surface area contributed by atoms with Gasteiger partial charge in [0.2, 0.25) is 10.0 Å². The topological polar surface area (TPSA) is 69.7 Å². The first-order valence-electron chi connectivity index (χ1n) is 8.60. The third kappa shape index (κ3) is 4.02. The van der Waals surface area contributed by atoms with E-state index >= 15 is 0 Å². The number of carbonyl (C=O) groups is 1. The molecule has 1 fully saturated rings. The lowest BCUT2D eigenvalue weighted by Gasteiger charge is -2.35. The summed E-state index contributed by atoms with van der Waals surface area (Å²) in [6, 6.07) is 11.5. The minimum atomic E-state index is -3.85. The molecule has 1 atom stereocenters. The van der Waals surface area contributed by atoms with Crippen LogP contribution in [0.15, 0.2) is 53.4 Å². The number of hydrogen-bond acceptors (Lipinski definition) is 4. The van der Waals surface area contributed by atoms with Crippen LogP contribution in [0.4, 0.5) is 4.39 Å². The number of hydrogen-bond donors (Lipinski definition) is 1. The Morgan fingerprint density at radius 1 is 1.19 bits per heavy atom. The molecule has 6 nitrogen and oxygen atoms in total. The maximum atomic E-state index is 13.7. The predicted molar refractivity (Wildman–Crippen MR) is 100 cm³/mol. The second-order valence-electron chi connectivity index (χ2n) is 6.62. The molecule has 0 spiro atoms. The molecule has 27 heavy (non-hydrogen) atoms. The average molecular weight is 391 g/mol. The molecule has 1 amide bonds. The Balaban J connectivity index is 1.99. The zero-order valence-corrected chi connectivity index (χ0v) is 16.0. The molecule has 1 saturated heterocycles. The van der Waals surface area contributed by atoms with Crippen LogP contribution in [0.25, 0.3) is 0 Å². The van der Waals surface area contributed by atoms with Gasteiger partial charge in [-0.3, -0.25) is 4.79 Å². The predicted octanol–water partition coefficient (Wildman–Crippen LogP) is 1.86. The van der Waals surface area contributed by atoms with E-state index in [4.69, 9.17) is 0 Å². The molecule has 2 aromatic rings. The Bertz CT molecular complexity index is 947. The van der Waals surface area contributed by atoms with Crippen molar-refractivity contribution in [2.75, 3.05) is 33.7 Å². The molecule has 0 saturated carbocycles. The van der Waals surface area contributed by atoms with Gasteiger partial charge in [0.25, 0.3) is 5.91 Å². The molecular formula is C19H22FN3O3S. The van der Waals surface area contributed by atoms with E-state index in [-0.39, 0.29) is 17.3 Å². The van der Waals surface area contributed by atoms with E-state index in [2.05, 4.69) is 5.32 Å². The molecule has 0 radical (unpaired) electrons. The lowest BCUT2D eigenvalue weighted by atomic mass is 10.1. The Hall–Kier alpha value is -2.29. The van der Waals surface area contributed by atoms with Gasteiger partial charge in [-0.1, -0.05) is 18.2 Å². The number of benzene rings is 2. The summed E-state index contributed by atoms with van der Waals surface area (Å²) >= 11 is 0. The number of halogens is 1. The maximum Gasteiger partial charge on any atom is 0.253 e. The van der Waals surface area contributed by atoms with E-state index in [0.29, 0.717) is 24.2 Å². The number of rotatable bonds is 4. The van der Waals surface area contributed by atoms with E-state index in [1.807, 2.05) is 0 Å². The van der Waals surface area contributed by atoms with Crippen molar-refractivity contribution < 1.29 is 17.6 Å². The van der Waals surface area contributed by atoms with Crippen molar-refractivity contribution in [1.29, 1.82) is 0 Å². The molecule has 0 bridgehead atoms. The smallest absolute Gasteiger partial charge is 0.253 e. The van der Waals surface area contributed by atoms with Gasteiger partial charge in [-0.25, -0.2) is 12.8 Å². The Labute approximate surface area is 158 Å². The summed E-state index contributed by atoms with van der Waals surface area (Å²) in [6.07, 6.45) is 0. The Kier molecular flexibility index (Phi) is 5.59. The minimum absolute atomic E-state index is 0.0542. The molecular weight excluding hydrogens is 369 g/mol. The van der Waals surface area contributed by atoms with Crippen LogP contribution in [0.2, 0.25) is 0 Å². The Morgan fingerprint density at radius 3 is 2.63 bits per heavy atom. The third-order valence-electron chi connectivity index (χ3n) is 4.52. The van der Waals surface area contributed by atoms with E-state index < -0.39 is 21.9 Å². The molecule has 1 N–H and O–H groups in total. The standard InChI is InChI=1S/C19H22FN3O3S/c1-22(2)19(24)15-6-4-8-17(12-15)27(25,26)23-10-9-21-13-18(23)14-5-3-7-16(20)11-14/h3-8,11-12,18,21H,9-10,13H2,1-2H3. The number of sulfonamides is 1. The maximum absolute atomic E-state index is 13.7. The summed E-state index contributed by atoms with van der Waals surface area (Å²) in [6.45, 7) is 1.15. The van der Waals surface area contributed by atoms with E-state index in [9.17, 15) is 17.6 Å². The van der Waals surface area contributed by atoms with Crippen molar-refractivity contribution in [3.63, 3.8) is 0 Å². The van der Waals surface area contributed by atoms with Crippen molar-refractivity contribution in [1.82, 2.24) is 14.5 Å². The van der Waals surface area contributed by atoms with Crippen LogP contribution in [-0.4, -0.2) is 57.3 Å². The molecule has 3 rings (SSSR count). The minimum Gasteiger partial charge on any atom is -0.345 e. The summed E-state index contributed by atoms with van der Waals surface area (Å²) in [7, 11) is -0.632. The highest BCUT2D eigenvalue weighted by molar-refractivity contribution is 7.89. The number of nitrogens with one attached hydrogen (secondary N) is 1. The second-order valence-corrected chi connectivity index (χ2v) is 8.51. The van der Waals surface area contributed by atoms with Crippen molar-refractivity contribution in [2.45, 2.75) is 10.9 Å². The number of piperazine rings is 1. The van der Waals surface area contributed by atoms with Crippen LogP contribution in [0.5, 0.6) is 0 Å². The van der Waals surface area contributed by atoms with Crippen molar-refractivity contribution >= 4 is 15.9 Å². The molecule has 1 aliphatic heterocycles. The van der Waals surface area contributed by atoms with Crippen LogP contribution in [0.3, 0.4) is 0 Å². The molecule has 0 aromatic heterocycles. The van der Waals surface area contributed by atoms with E-state index in [0.717, 1.165) is 0 Å². The van der Waals surface area contributed by atoms with Gasteiger partial charge in [0.15, 0.2) is 0 Å². The fourth-order valence-electron chi connectivity index (χ4n) is 3.15. The van der Waals surface area contributed by atoms with Gasteiger partial charge < -0.3 is 10.2 Å². The zero-order chi connectivity index (χ0) is 19.6. The first-order valence-corrected chi connectivity index (χ1v) is 10.0. The lowest BCUT2D eigenvalue weighted by molar-refractivity contribution is 0.0827. The van der Waals surface area contributed by atoms with Gasteiger partial charge >= 0.3 is 0 Å². The summed E-state index contributed by atoms with van der Waals surface area (Å²) in [5.41, 5.74) is 0.893.